The van der Waals surface area contributed by atoms with Gasteiger partial charge < -0.3 is 9.32 Å². The fourth-order valence-corrected chi connectivity index (χ4v) is 3.74. The summed E-state index contributed by atoms with van der Waals surface area (Å²) in [5, 5.41) is 1.09. The number of aromatic nitrogens is 1. The third-order valence-corrected chi connectivity index (χ3v) is 5.30. The summed E-state index contributed by atoms with van der Waals surface area (Å²) < 4.78 is 5.76. The molecule has 1 aliphatic heterocycles. The highest BCUT2D eigenvalue weighted by Gasteiger charge is 2.22. The summed E-state index contributed by atoms with van der Waals surface area (Å²) in [6.07, 6.45) is 6.02. The topological polar surface area (TPSA) is 46.3 Å². The van der Waals surface area contributed by atoms with Crippen LogP contribution in [0.3, 0.4) is 0 Å². The first-order chi connectivity index (χ1) is 12.1. The molecule has 4 nitrogen and oxygen atoms in total. The number of rotatable bonds is 5. The lowest BCUT2D eigenvalue weighted by molar-refractivity contribution is -0.133. The van der Waals surface area contributed by atoms with Crippen LogP contribution >= 0.6 is 23.2 Å². The van der Waals surface area contributed by atoms with E-state index in [1.807, 2.05) is 4.90 Å². The highest BCUT2D eigenvalue weighted by molar-refractivity contribution is 6.36. The molecule has 0 aliphatic carbocycles. The lowest BCUT2D eigenvalue weighted by atomic mass is 9.95. The molecule has 1 saturated heterocycles. The van der Waals surface area contributed by atoms with Crippen LogP contribution in [0, 0.1) is 5.92 Å². The molecule has 0 bridgehead atoms. The Bertz CT molecular complexity index is 745. The van der Waals surface area contributed by atoms with E-state index in [1.54, 1.807) is 24.4 Å². The van der Waals surface area contributed by atoms with E-state index in [9.17, 15) is 4.79 Å². The number of amides is 1. The van der Waals surface area contributed by atoms with Crippen molar-refractivity contribution in [3.8, 4) is 11.3 Å². The van der Waals surface area contributed by atoms with Gasteiger partial charge in [-0.2, -0.15) is 0 Å². The van der Waals surface area contributed by atoms with E-state index in [-0.39, 0.29) is 5.91 Å². The summed E-state index contributed by atoms with van der Waals surface area (Å²) in [5.74, 6) is 1.96. The zero-order valence-corrected chi connectivity index (χ0v) is 15.8. The number of hydrogen-bond acceptors (Lipinski definition) is 3. The summed E-state index contributed by atoms with van der Waals surface area (Å²) in [5.41, 5.74) is 0.748. The molecule has 1 amide bonds. The summed E-state index contributed by atoms with van der Waals surface area (Å²) in [4.78, 5) is 18.7. The quantitative estimate of drug-likeness (QED) is 0.713. The van der Waals surface area contributed by atoms with Gasteiger partial charge in [0.1, 0.15) is 0 Å². The van der Waals surface area contributed by atoms with Crippen LogP contribution in [0.15, 0.2) is 28.8 Å². The summed E-state index contributed by atoms with van der Waals surface area (Å²) in [6, 6.07) is 5.23. The van der Waals surface area contributed by atoms with E-state index in [0.717, 1.165) is 31.5 Å². The largest absolute Gasteiger partial charge is 0.441 e. The number of benzene rings is 1. The van der Waals surface area contributed by atoms with Crippen molar-refractivity contribution in [2.45, 2.75) is 39.0 Å². The average Bonchev–Trinajstić information content (AvgIpc) is 3.08. The lowest BCUT2D eigenvalue weighted by Crippen LogP contribution is -2.39. The summed E-state index contributed by atoms with van der Waals surface area (Å²) >= 11 is 12.1. The lowest BCUT2D eigenvalue weighted by Gasteiger charge is -2.32. The molecule has 0 radical (unpaired) electrons. The number of carbonyl (C=O) groups is 1. The smallest absolute Gasteiger partial charge is 0.223 e. The first kappa shape index (κ1) is 18.3. The van der Waals surface area contributed by atoms with Crippen molar-refractivity contribution in [1.82, 2.24) is 9.88 Å². The number of hydrogen-bond donors (Lipinski definition) is 0. The van der Waals surface area contributed by atoms with Crippen LogP contribution in [-0.2, 0) is 11.2 Å². The third-order valence-electron chi connectivity index (χ3n) is 4.75. The van der Waals surface area contributed by atoms with Gasteiger partial charge in [-0.25, -0.2) is 4.98 Å². The van der Waals surface area contributed by atoms with Crippen LogP contribution in [0.5, 0.6) is 0 Å². The third kappa shape index (κ3) is 4.56. The maximum absolute atomic E-state index is 12.4. The molecule has 1 atom stereocenters. The molecular weight excluding hydrogens is 359 g/mol. The Labute approximate surface area is 158 Å². The Hall–Kier alpha value is -1.52. The van der Waals surface area contributed by atoms with Crippen molar-refractivity contribution in [2.75, 3.05) is 13.1 Å². The number of oxazole rings is 1. The number of piperidine rings is 1. The Morgan fingerprint density at radius 1 is 1.40 bits per heavy atom. The van der Waals surface area contributed by atoms with Gasteiger partial charge in [0, 0.05) is 36.5 Å². The van der Waals surface area contributed by atoms with Gasteiger partial charge in [0.15, 0.2) is 11.7 Å². The molecule has 1 aromatic carbocycles. The monoisotopic (exact) mass is 380 g/mol. The number of halogens is 2. The molecule has 1 aromatic heterocycles. The second-order valence-electron chi connectivity index (χ2n) is 6.50. The van der Waals surface area contributed by atoms with Gasteiger partial charge in [-0.1, -0.05) is 36.5 Å². The van der Waals surface area contributed by atoms with Gasteiger partial charge in [-0.15, -0.1) is 0 Å². The van der Waals surface area contributed by atoms with Gasteiger partial charge >= 0.3 is 0 Å². The number of aryl methyl sites for hydroxylation is 1. The second kappa shape index (κ2) is 8.24. The van der Waals surface area contributed by atoms with Gasteiger partial charge in [0.2, 0.25) is 5.91 Å². The van der Waals surface area contributed by atoms with E-state index in [2.05, 4.69) is 11.9 Å². The van der Waals surface area contributed by atoms with Crippen LogP contribution in [0.4, 0.5) is 0 Å². The fourth-order valence-electron chi connectivity index (χ4n) is 3.24. The molecule has 25 heavy (non-hydrogen) atoms. The molecule has 1 aliphatic rings. The van der Waals surface area contributed by atoms with Crippen molar-refractivity contribution in [3.63, 3.8) is 0 Å². The number of nitrogens with zero attached hydrogens (tertiary/aromatic N) is 2. The Kier molecular flexibility index (Phi) is 6.02. The van der Waals surface area contributed by atoms with Crippen LogP contribution < -0.4 is 0 Å². The first-order valence-electron chi connectivity index (χ1n) is 8.74. The van der Waals surface area contributed by atoms with E-state index in [1.165, 1.54) is 6.42 Å². The molecule has 2 aromatic rings. The Morgan fingerprint density at radius 3 is 3.00 bits per heavy atom. The minimum absolute atomic E-state index is 0.183. The maximum Gasteiger partial charge on any atom is 0.223 e. The zero-order valence-electron chi connectivity index (χ0n) is 14.3. The van der Waals surface area contributed by atoms with Crippen LogP contribution in [0.25, 0.3) is 11.3 Å². The molecular formula is C19H22Cl2N2O2. The first-order valence-corrected chi connectivity index (χ1v) is 9.50. The molecule has 0 N–H and O–H groups in total. The Balaban J connectivity index is 1.59. The standard InChI is InChI=1S/C19H22Cl2N2O2/c1-2-13-4-3-9-23(12-13)19(24)8-7-18-22-11-17(25-18)15-6-5-14(20)10-16(15)21/h5-6,10-11,13H,2-4,7-9,12H2,1H3. The Morgan fingerprint density at radius 2 is 2.24 bits per heavy atom. The molecule has 0 spiro atoms. The molecule has 2 heterocycles. The second-order valence-corrected chi connectivity index (χ2v) is 7.34. The van der Waals surface area contributed by atoms with Crippen molar-refractivity contribution in [2.24, 2.45) is 5.92 Å². The van der Waals surface area contributed by atoms with E-state index in [4.69, 9.17) is 27.6 Å². The van der Waals surface area contributed by atoms with Gasteiger partial charge in [-0.3, -0.25) is 4.79 Å². The summed E-state index contributed by atoms with van der Waals surface area (Å²) in [7, 11) is 0. The van der Waals surface area contributed by atoms with Gasteiger partial charge in [-0.05, 0) is 37.0 Å². The zero-order chi connectivity index (χ0) is 17.8. The van der Waals surface area contributed by atoms with Crippen molar-refractivity contribution < 1.29 is 9.21 Å². The summed E-state index contributed by atoms with van der Waals surface area (Å²) in [6.45, 7) is 3.94. The van der Waals surface area contributed by atoms with E-state index in [0.29, 0.717) is 40.5 Å². The predicted molar refractivity (Wildman–Crippen MR) is 99.9 cm³/mol. The van der Waals surface area contributed by atoms with E-state index >= 15 is 0 Å². The number of carbonyl (C=O) groups excluding carboxylic acids is 1. The molecule has 1 fully saturated rings. The molecule has 0 saturated carbocycles. The molecule has 6 heteroatoms. The minimum Gasteiger partial charge on any atom is -0.441 e. The number of likely N-dealkylation sites (tertiary alicyclic amines) is 1. The fraction of sp³-hybridized carbons (Fsp3) is 0.474. The van der Waals surface area contributed by atoms with Crippen LogP contribution in [0.1, 0.15) is 38.5 Å². The average molecular weight is 381 g/mol. The molecule has 134 valence electrons. The molecule has 3 rings (SSSR count). The predicted octanol–water partition coefficient (Wildman–Crippen LogP) is 5.23. The molecule has 1 unspecified atom stereocenters. The van der Waals surface area contributed by atoms with Crippen LogP contribution in [0.2, 0.25) is 10.0 Å². The normalized spacial score (nSPS) is 17.7. The van der Waals surface area contributed by atoms with Crippen molar-refractivity contribution in [3.05, 3.63) is 40.3 Å². The highest BCUT2D eigenvalue weighted by Crippen LogP contribution is 2.31. The SMILES string of the molecule is CCC1CCCN(C(=O)CCc2ncc(-c3ccc(Cl)cc3Cl)o2)C1. The van der Waals surface area contributed by atoms with Gasteiger partial charge in [0.25, 0.3) is 0 Å². The van der Waals surface area contributed by atoms with Crippen LogP contribution in [-0.4, -0.2) is 28.9 Å². The van der Waals surface area contributed by atoms with Crippen molar-refractivity contribution in [1.29, 1.82) is 0 Å². The van der Waals surface area contributed by atoms with E-state index < -0.39 is 0 Å². The highest BCUT2D eigenvalue weighted by atomic mass is 35.5. The van der Waals surface area contributed by atoms with Crippen molar-refractivity contribution >= 4 is 29.1 Å². The maximum atomic E-state index is 12.4. The minimum atomic E-state index is 0.183. The van der Waals surface area contributed by atoms with Gasteiger partial charge in [0.05, 0.1) is 11.2 Å².